The predicted molar refractivity (Wildman–Crippen MR) is 131 cm³/mol. The SMILES string of the molecule is COc1ccc(C(CCN(Cc2ccc(OC(C)C)cc2)C(=O)c2ccco2)C(C)C)cc1. The molecule has 0 fully saturated rings. The lowest BCUT2D eigenvalue weighted by Gasteiger charge is -2.27. The van der Waals surface area contributed by atoms with E-state index in [0.29, 0.717) is 30.7 Å². The first-order chi connectivity index (χ1) is 15.9. The highest BCUT2D eigenvalue weighted by atomic mass is 16.5. The average molecular weight is 450 g/mol. The second-order valence-electron chi connectivity index (χ2n) is 8.93. The number of hydrogen-bond donors (Lipinski definition) is 0. The molecule has 1 atom stereocenters. The van der Waals surface area contributed by atoms with Crippen LogP contribution in [0.2, 0.25) is 0 Å². The minimum Gasteiger partial charge on any atom is -0.497 e. The summed E-state index contributed by atoms with van der Waals surface area (Å²) in [5.41, 5.74) is 2.31. The molecule has 2 aromatic carbocycles. The van der Waals surface area contributed by atoms with Gasteiger partial charge in [-0.15, -0.1) is 0 Å². The number of amides is 1. The van der Waals surface area contributed by atoms with Crippen LogP contribution in [0.15, 0.2) is 71.3 Å². The van der Waals surface area contributed by atoms with Crippen molar-refractivity contribution in [3.8, 4) is 11.5 Å². The van der Waals surface area contributed by atoms with Crippen molar-refractivity contribution in [2.45, 2.75) is 52.7 Å². The molecule has 1 aromatic heterocycles. The van der Waals surface area contributed by atoms with Crippen LogP contribution in [0.5, 0.6) is 11.5 Å². The topological polar surface area (TPSA) is 51.9 Å². The second-order valence-corrected chi connectivity index (χ2v) is 8.93. The van der Waals surface area contributed by atoms with Crippen molar-refractivity contribution >= 4 is 5.91 Å². The van der Waals surface area contributed by atoms with Gasteiger partial charge in [0, 0.05) is 13.1 Å². The van der Waals surface area contributed by atoms with E-state index in [0.717, 1.165) is 23.5 Å². The fourth-order valence-corrected chi connectivity index (χ4v) is 4.01. The van der Waals surface area contributed by atoms with E-state index in [1.165, 1.54) is 11.8 Å². The highest BCUT2D eigenvalue weighted by Crippen LogP contribution is 2.30. The van der Waals surface area contributed by atoms with Crippen molar-refractivity contribution in [2.75, 3.05) is 13.7 Å². The van der Waals surface area contributed by atoms with Crippen molar-refractivity contribution in [3.63, 3.8) is 0 Å². The van der Waals surface area contributed by atoms with Gasteiger partial charge in [0.25, 0.3) is 5.91 Å². The van der Waals surface area contributed by atoms with Crippen LogP contribution >= 0.6 is 0 Å². The van der Waals surface area contributed by atoms with E-state index in [2.05, 4.69) is 26.0 Å². The van der Waals surface area contributed by atoms with Gasteiger partial charge in [0.15, 0.2) is 5.76 Å². The summed E-state index contributed by atoms with van der Waals surface area (Å²) in [5.74, 6) is 2.70. The summed E-state index contributed by atoms with van der Waals surface area (Å²) in [6, 6.07) is 19.7. The van der Waals surface area contributed by atoms with E-state index < -0.39 is 0 Å². The van der Waals surface area contributed by atoms with Gasteiger partial charge in [0.05, 0.1) is 19.5 Å². The Morgan fingerprint density at radius 2 is 1.61 bits per heavy atom. The molecule has 0 aliphatic rings. The molecule has 1 unspecified atom stereocenters. The minimum atomic E-state index is -0.0975. The maximum Gasteiger partial charge on any atom is 0.289 e. The summed E-state index contributed by atoms with van der Waals surface area (Å²) in [6.45, 7) is 9.59. The number of nitrogens with zero attached hydrogens (tertiary/aromatic N) is 1. The quantitative estimate of drug-likeness (QED) is 0.333. The van der Waals surface area contributed by atoms with Crippen LogP contribution in [0.3, 0.4) is 0 Å². The Morgan fingerprint density at radius 1 is 0.939 bits per heavy atom. The Balaban J connectivity index is 1.76. The van der Waals surface area contributed by atoms with Crippen molar-refractivity contribution < 1.29 is 18.7 Å². The van der Waals surface area contributed by atoms with Crippen LogP contribution in [0.1, 0.15) is 61.7 Å². The smallest absolute Gasteiger partial charge is 0.289 e. The van der Waals surface area contributed by atoms with Crippen molar-refractivity contribution in [3.05, 3.63) is 83.8 Å². The maximum absolute atomic E-state index is 13.2. The molecule has 1 amide bonds. The Morgan fingerprint density at radius 3 is 2.15 bits per heavy atom. The van der Waals surface area contributed by atoms with Crippen LogP contribution in [0.4, 0.5) is 0 Å². The molecular formula is C28H35NO4. The Hall–Kier alpha value is -3.21. The van der Waals surface area contributed by atoms with Crippen LogP contribution in [-0.4, -0.2) is 30.6 Å². The van der Waals surface area contributed by atoms with Gasteiger partial charge in [-0.25, -0.2) is 0 Å². The van der Waals surface area contributed by atoms with Gasteiger partial charge in [-0.2, -0.15) is 0 Å². The molecule has 1 heterocycles. The van der Waals surface area contributed by atoms with Crippen LogP contribution < -0.4 is 9.47 Å². The molecule has 3 rings (SSSR count). The van der Waals surface area contributed by atoms with Gasteiger partial charge in [-0.05, 0) is 79.6 Å². The van der Waals surface area contributed by atoms with Crippen molar-refractivity contribution in [1.82, 2.24) is 4.90 Å². The number of ether oxygens (including phenoxy) is 2. The molecule has 0 saturated carbocycles. The lowest BCUT2D eigenvalue weighted by atomic mass is 9.85. The Bertz CT molecular complexity index is 976. The zero-order valence-electron chi connectivity index (χ0n) is 20.3. The van der Waals surface area contributed by atoms with E-state index >= 15 is 0 Å². The molecule has 3 aromatic rings. The largest absolute Gasteiger partial charge is 0.497 e. The number of methoxy groups -OCH3 is 1. The molecular weight excluding hydrogens is 414 g/mol. The molecule has 0 bridgehead atoms. The van der Waals surface area contributed by atoms with Crippen molar-refractivity contribution in [1.29, 1.82) is 0 Å². The van der Waals surface area contributed by atoms with Gasteiger partial charge < -0.3 is 18.8 Å². The predicted octanol–water partition coefficient (Wildman–Crippen LogP) is 6.55. The molecule has 33 heavy (non-hydrogen) atoms. The van der Waals surface area contributed by atoms with Gasteiger partial charge in [0.2, 0.25) is 0 Å². The molecule has 0 radical (unpaired) electrons. The third-order valence-corrected chi connectivity index (χ3v) is 5.75. The molecule has 0 saturated heterocycles. The molecule has 0 aliphatic carbocycles. The zero-order chi connectivity index (χ0) is 23.8. The number of rotatable bonds is 11. The van der Waals surface area contributed by atoms with Gasteiger partial charge >= 0.3 is 0 Å². The first kappa shape index (κ1) is 24.4. The lowest BCUT2D eigenvalue weighted by Crippen LogP contribution is -2.32. The average Bonchev–Trinajstić information content (AvgIpc) is 3.34. The normalized spacial score (nSPS) is 12.1. The van der Waals surface area contributed by atoms with E-state index in [-0.39, 0.29) is 12.0 Å². The van der Waals surface area contributed by atoms with Gasteiger partial charge in [-0.3, -0.25) is 4.79 Å². The number of furan rings is 1. The van der Waals surface area contributed by atoms with Crippen LogP contribution in [0, 0.1) is 5.92 Å². The molecule has 0 N–H and O–H groups in total. The highest BCUT2D eigenvalue weighted by molar-refractivity contribution is 5.91. The monoisotopic (exact) mass is 449 g/mol. The van der Waals surface area contributed by atoms with E-state index in [4.69, 9.17) is 13.9 Å². The zero-order valence-corrected chi connectivity index (χ0v) is 20.3. The standard InChI is InChI=1S/C28H35NO4/c1-20(2)26(23-10-14-24(31-5)15-11-23)16-17-29(28(30)27-7-6-18-32-27)19-22-8-12-25(13-9-22)33-21(3)4/h6-15,18,20-21,26H,16-17,19H2,1-5H3. The summed E-state index contributed by atoms with van der Waals surface area (Å²) in [7, 11) is 1.68. The molecule has 5 heteroatoms. The van der Waals surface area contributed by atoms with Gasteiger partial charge in [0.1, 0.15) is 11.5 Å². The first-order valence-electron chi connectivity index (χ1n) is 11.6. The third kappa shape index (κ3) is 6.88. The van der Waals surface area contributed by atoms with Gasteiger partial charge in [-0.1, -0.05) is 38.1 Å². The lowest BCUT2D eigenvalue weighted by molar-refractivity contribution is 0.0702. The summed E-state index contributed by atoms with van der Waals surface area (Å²) in [4.78, 5) is 15.1. The summed E-state index contributed by atoms with van der Waals surface area (Å²) < 4.78 is 16.5. The second kappa shape index (κ2) is 11.6. The minimum absolute atomic E-state index is 0.0975. The molecule has 0 aliphatic heterocycles. The summed E-state index contributed by atoms with van der Waals surface area (Å²) >= 11 is 0. The summed E-state index contributed by atoms with van der Waals surface area (Å²) in [6.07, 6.45) is 2.52. The summed E-state index contributed by atoms with van der Waals surface area (Å²) in [5, 5.41) is 0. The molecule has 5 nitrogen and oxygen atoms in total. The number of carbonyl (C=O) groups is 1. The Kier molecular flexibility index (Phi) is 8.58. The number of benzene rings is 2. The van der Waals surface area contributed by atoms with Crippen molar-refractivity contribution in [2.24, 2.45) is 5.92 Å². The maximum atomic E-state index is 13.2. The highest BCUT2D eigenvalue weighted by Gasteiger charge is 2.22. The van der Waals surface area contributed by atoms with E-state index in [9.17, 15) is 4.79 Å². The fourth-order valence-electron chi connectivity index (χ4n) is 4.01. The molecule has 0 spiro atoms. The number of hydrogen-bond acceptors (Lipinski definition) is 4. The van der Waals surface area contributed by atoms with E-state index in [1.807, 2.05) is 55.1 Å². The van der Waals surface area contributed by atoms with Crippen LogP contribution in [0.25, 0.3) is 0 Å². The Labute approximate surface area is 197 Å². The fraction of sp³-hybridized carbons (Fsp3) is 0.393. The van der Waals surface area contributed by atoms with Crippen LogP contribution in [-0.2, 0) is 6.54 Å². The molecule has 176 valence electrons. The first-order valence-corrected chi connectivity index (χ1v) is 11.6. The third-order valence-electron chi connectivity index (χ3n) is 5.75. The number of carbonyl (C=O) groups excluding carboxylic acids is 1. The van der Waals surface area contributed by atoms with E-state index in [1.54, 1.807) is 19.2 Å².